The molecule has 1 aromatic rings. The second-order valence-electron chi connectivity index (χ2n) is 7.14. The van der Waals surface area contributed by atoms with E-state index in [4.69, 9.17) is 9.47 Å². The number of hydrogen-bond donors (Lipinski definition) is 2. The Morgan fingerprint density at radius 3 is 2.67 bits per heavy atom. The van der Waals surface area contributed by atoms with Crippen molar-refractivity contribution in [3.8, 4) is 5.75 Å². The van der Waals surface area contributed by atoms with Gasteiger partial charge in [-0.1, -0.05) is 0 Å². The highest BCUT2D eigenvalue weighted by atomic mass is 16.6. The van der Waals surface area contributed by atoms with E-state index in [9.17, 15) is 14.7 Å². The molecule has 1 aromatic heterocycles. The molecular formula is C19H27N3O5. The number of alkyl carbamates (subject to hydrolysis) is 1. The van der Waals surface area contributed by atoms with E-state index in [2.05, 4.69) is 10.3 Å². The van der Waals surface area contributed by atoms with E-state index in [0.717, 1.165) is 51.6 Å². The number of hydrogen-bond acceptors (Lipinski definition) is 6. The van der Waals surface area contributed by atoms with Gasteiger partial charge in [0, 0.05) is 19.3 Å². The molecule has 2 N–H and O–H groups in total. The van der Waals surface area contributed by atoms with Gasteiger partial charge in [0.05, 0.1) is 13.2 Å². The summed E-state index contributed by atoms with van der Waals surface area (Å²) in [4.78, 5) is 29.6. The minimum absolute atomic E-state index is 0.0433. The molecule has 2 aliphatic rings. The van der Waals surface area contributed by atoms with E-state index in [1.807, 2.05) is 0 Å². The summed E-state index contributed by atoms with van der Waals surface area (Å²) >= 11 is 0. The third kappa shape index (κ3) is 5.74. The van der Waals surface area contributed by atoms with Gasteiger partial charge in [-0.2, -0.15) is 0 Å². The number of pyridine rings is 1. The van der Waals surface area contributed by atoms with Crippen molar-refractivity contribution in [1.29, 1.82) is 0 Å². The summed E-state index contributed by atoms with van der Waals surface area (Å²) in [7, 11) is 0. The zero-order chi connectivity index (χ0) is 19.1. The maximum absolute atomic E-state index is 11.9. The first-order chi connectivity index (χ1) is 13.1. The Kier molecular flexibility index (Phi) is 6.73. The third-order valence-electron chi connectivity index (χ3n) is 5.14. The van der Waals surface area contributed by atoms with Crippen LogP contribution in [0.1, 0.15) is 44.2 Å². The number of carbonyl (C=O) groups excluding carboxylic acids is 2. The van der Waals surface area contributed by atoms with E-state index < -0.39 is 6.09 Å². The number of amides is 2. The highest BCUT2D eigenvalue weighted by Gasteiger charge is 2.26. The Balaban J connectivity index is 1.31. The van der Waals surface area contributed by atoms with Crippen molar-refractivity contribution in [3.05, 3.63) is 24.0 Å². The van der Waals surface area contributed by atoms with E-state index >= 15 is 0 Å². The van der Waals surface area contributed by atoms with Crippen LogP contribution in [-0.2, 0) is 16.0 Å². The molecule has 0 unspecified atom stereocenters. The molecule has 0 aromatic carbocycles. The van der Waals surface area contributed by atoms with Gasteiger partial charge in [0.2, 0.25) is 0 Å². The van der Waals surface area contributed by atoms with Gasteiger partial charge in [0.25, 0.3) is 0 Å². The second-order valence-corrected chi connectivity index (χ2v) is 7.14. The fourth-order valence-corrected chi connectivity index (χ4v) is 3.51. The first-order valence-electron chi connectivity index (χ1n) is 9.61. The number of aromatic nitrogens is 1. The molecule has 0 radical (unpaired) electrons. The zero-order valence-corrected chi connectivity index (χ0v) is 15.4. The number of nitrogens with zero attached hydrogens (tertiary/aromatic N) is 2. The summed E-state index contributed by atoms with van der Waals surface area (Å²) < 4.78 is 10.8. The molecule has 8 nitrogen and oxygen atoms in total. The van der Waals surface area contributed by atoms with Crippen molar-refractivity contribution in [2.45, 2.75) is 51.2 Å². The lowest BCUT2D eigenvalue weighted by molar-refractivity contribution is 0.0442. The standard InChI is InChI=1S/C19H27N3O5/c23-17-4-3-9-20-16(17)12-21-18(24)27-15-7-5-14(6-8-15)13-26-19(25)22-10-1-2-11-22/h3-4,9,14-15,23H,1-2,5-8,10-13H2,(H,21,24). The van der Waals surface area contributed by atoms with Crippen molar-refractivity contribution in [3.63, 3.8) is 0 Å². The van der Waals surface area contributed by atoms with Gasteiger partial charge in [-0.25, -0.2) is 9.59 Å². The lowest BCUT2D eigenvalue weighted by atomic mass is 9.88. The molecule has 0 atom stereocenters. The fraction of sp³-hybridized carbons (Fsp3) is 0.632. The number of likely N-dealkylation sites (tertiary alicyclic amines) is 1. The molecule has 1 aliphatic heterocycles. The summed E-state index contributed by atoms with van der Waals surface area (Å²) in [5, 5.41) is 12.3. The molecular weight excluding hydrogens is 350 g/mol. The van der Waals surface area contributed by atoms with E-state index in [-0.39, 0.29) is 24.5 Å². The molecule has 0 spiro atoms. The van der Waals surface area contributed by atoms with Crippen LogP contribution in [0, 0.1) is 5.92 Å². The van der Waals surface area contributed by atoms with Crippen LogP contribution in [0.5, 0.6) is 5.75 Å². The van der Waals surface area contributed by atoms with E-state index in [0.29, 0.717) is 18.2 Å². The maximum Gasteiger partial charge on any atom is 0.409 e. The van der Waals surface area contributed by atoms with Gasteiger partial charge in [0.1, 0.15) is 17.5 Å². The molecule has 1 aliphatic carbocycles. The van der Waals surface area contributed by atoms with Crippen LogP contribution >= 0.6 is 0 Å². The van der Waals surface area contributed by atoms with Crippen LogP contribution in [0.2, 0.25) is 0 Å². The van der Waals surface area contributed by atoms with Crippen LogP contribution in [0.4, 0.5) is 9.59 Å². The smallest absolute Gasteiger partial charge is 0.409 e. The molecule has 27 heavy (non-hydrogen) atoms. The van der Waals surface area contributed by atoms with Gasteiger partial charge in [-0.3, -0.25) is 4.98 Å². The van der Waals surface area contributed by atoms with Crippen LogP contribution in [-0.4, -0.2) is 53.0 Å². The Morgan fingerprint density at radius 1 is 1.22 bits per heavy atom. The predicted molar refractivity (Wildman–Crippen MR) is 97.1 cm³/mol. The highest BCUT2D eigenvalue weighted by molar-refractivity contribution is 5.68. The lowest BCUT2D eigenvalue weighted by Gasteiger charge is -2.28. The van der Waals surface area contributed by atoms with Gasteiger partial charge >= 0.3 is 12.2 Å². The average molecular weight is 377 g/mol. The fourth-order valence-electron chi connectivity index (χ4n) is 3.51. The number of ether oxygens (including phenoxy) is 2. The molecule has 0 bridgehead atoms. The third-order valence-corrected chi connectivity index (χ3v) is 5.14. The van der Waals surface area contributed by atoms with Crippen LogP contribution in [0.3, 0.4) is 0 Å². The van der Waals surface area contributed by atoms with E-state index in [1.165, 1.54) is 6.07 Å². The Hall–Kier alpha value is -2.51. The van der Waals surface area contributed by atoms with Crippen molar-refractivity contribution in [1.82, 2.24) is 15.2 Å². The number of nitrogens with one attached hydrogen (secondary N) is 1. The average Bonchev–Trinajstić information content (AvgIpc) is 3.21. The predicted octanol–water partition coefficient (Wildman–Crippen LogP) is 2.80. The summed E-state index contributed by atoms with van der Waals surface area (Å²) in [6.45, 7) is 2.15. The normalized spacial score (nSPS) is 22.3. The molecule has 1 saturated carbocycles. The van der Waals surface area contributed by atoms with Gasteiger partial charge in [0.15, 0.2) is 0 Å². The summed E-state index contributed by atoms with van der Waals surface area (Å²) in [6.07, 6.45) is 6.07. The van der Waals surface area contributed by atoms with Crippen molar-refractivity contribution in [2.24, 2.45) is 5.92 Å². The maximum atomic E-state index is 11.9. The topological polar surface area (TPSA) is 101 Å². The summed E-state index contributed by atoms with van der Waals surface area (Å²) in [6, 6.07) is 3.14. The van der Waals surface area contributed by atoms with Gasteiger partial charge in [-0.05, 0) is 56.6 Å². The number of rotatable bonds is 5. The molecule has 3 rings (SSSR count). The lowest BCUT2D eigenvalue weighted by Crippen LogP contribution is -2.33. The first kappa shape index (κ1) is 19.3. The molecule has 8 heteroatoms. The number of aromatic hydroxyl groups is 1. The first-order valence-corrected chi connectivity index (χ1v) is 9.61. The minimum Gasteiger partial charge on any atom is -0.506 e. The summed E-state index contributed by atoms with van der Waals surface area (Å²) in [5.41, 5.74) is 0.401. The van der Waals surface area contributed by atoms with Gasteiger partial charge in [-0.15, -0.1) is 0 Å². The zero-order valence-electron chi connectivity index (χ0n) is 15.4. The van der Waals surface area contributed by atoms with Crippen LogP contribution in [0.15, 0.2) is 18.3 Å². The largest absolute Gasteiger partial charge is 0.506 e. The molecule has 2 amide bonds. The van der Waals surface area contributed by atoms with Crippen molar-refractivity contribution >= 4 is 12.2 Å². The van der Waals surface area contributed by atoms with E-state index in [1.54, 1.807) is 17.2 Å². The quantitative estimate of drug-likeness (QED) is 0.818. The summed E-state index contributed by atoms with van der Waals surface area (Å²) in [5.74, 6) is 0.367. The Labute approximate surface area is 158 Å². The number of carbonyl (C=O) groups is 2. The molecule has 1 saturated heterocycles. The molecule has 2 heterocycles. The minimum atomic E-state index is -0.510. The van der Waals surface area contributed by atoms with Crippen molar-refractivity contribution in [2.75, 3.05) is 19.7 Å². The van der Waals surface area contributed by atoms with Crippen LogP contribution in [0.25, 0.3) is 0 Å². The molecule has 148 valence electrons. The second kappa shape index (κ2) is 9.43. The van der Waals surface area contributed by atoms with Gasteiger partial charge < -0.3 is 24.8 Å². The molecule has 2 fully saturated rings. The highest BCUT2D eigenvalue weighted by Crippen LogP contribution is 2.27. The Bertz CT molecular complexity index is 640. The Morgan fingerprint density at radius 2 is 1.96 bits per heavy atom. The van der Waals surface area contributed by atoms with Crippen LogP contribution < -0.4 is 5.32 Å². The van der Waals surface area contributed by atoms with Crippen molar-refractivity contribution < 1.29 is 24.2 Å². The SMILES string of the molecule is O=C(NCc1ncccc1O)OC1CCC(COC(=O)N2CCCC2)CC1. The monoisotopic (exact) mass is 377 g/mol.